The van der Waals surface area contributed by atoms with Crippen molar-refractivity contribution in [1.29, 1.82) is 0 Å². The zero-order valence-corrected chi connectivity index (χ0v) is 15.4. The minimum Gasteiger partial charge on any atom is -0.279 e. The van der Waals surface area contributed by atoms with E-state index in [0.717, 1.165) is 26.5 Å². The molecule has 4 rings (SSSR count). The molecule has 0 radical (unpaired) electrons. The molecule has 0 aliphatic rings. The van der Waals surface area contributed by atoms with E-state index in [2.05, 4.69) is 19.7 Å². The predicted molar refractivity (Wildman–Crippen MR) is 103 cm³/mol. The maximum atomic E-state index is 12.5. The third-order valence-electron chi connectivity index (χ3n) is 3.83. The largest absolute Gasteiger partial charge is 0.279 e. The first-order valence-electron chi connectivity index (χ1n) is 7.78. The molecule has 0 fully saturated rings. The maximum Gasteiger partial charge on any atom is 0.263 e. The molecule has 1 aromatic carbocycles. The number of aromatic nitrogens is 3. The van der Waals surface area contributed by atoms with Gasteiger partial charge in [-0.1, -0.05) is 11.3 Å². The van der Waals surface area contributed by atoms with E-state index in [4.69, 9.17) is 0 Å². The molecule has 6 nitrogen and oxygen atoms in total. The second-order valence-corrected chi connectivity index (χ2v) is 8.33. The monoisotopic (exact) mass is 382 g/mol. The van der Waals surface area contributed by atoms with Crippen LogP contribution in [0, 0.1) is 6.92 Å². The van der Waals surface area contributed by atoms with Crippen LogP contribution < -0.4 is 4.72 Å². The Kier molecular flexibility index (Phi) is 4.14. The van der Waals surface area contributed by atoms with Crippen molar-refractivity contribution < 1.29 is 8.42 Å². The molecule has 0 saturated heterocycles. The van der Waals surface area contributed by atoms with Crippen LogP contribution in [-0.2, 0) is 10.0 Å². The Bertz CT molecular complexity index is 1160. The second-order valence-electron chi connectivity index (χ2n) is 5.67. The van der Waals surface area contributed by atoms with Crippen LogP contribution in [0.15, 0.2) is 66.0 Å². The van der Waals surface area contributed by atoms with Crippen molar-refractivity contribution in [3.8, 4) is 10.6 Å². The van der Waals surface area contributed by atoms with Gasteiger partial charge in [-0.05, 0) is 55.0 Å². The Morgan fingerprint density at radius 2 is 1.92 bits per heavy atom. The highest BCUT2D eigenvalue weighted by atomic mass is 32.2. The van der Waals surface area contributed by atoms with Gasteiger partial charge in [0.1, 0.15) is 20.3 Å². The van der Waals surface area contributed by atoms with Crippen LogP contribution in [0.4, 0.5) is 5.69 Å². The van der Waals surface area contributed by atoms with E-state index in [1.165, 1.54) is 29.8 Å². The smallest absolute Gasteiger partial charge is 0.263 e. The molecule has 0 aliphatic carbocycles. The van der Waals surface area contributed by atoms with E-state index < -0.39 is 10.0 Å². The molecule has 0 bridgehead atoms. The van der Waals surface area contributed by atoms with Gasteiger partial charge < -0.3 is 0 Å². The summed E-state index contributed by atoms with van der Waals surface area (Å²) in [5.41, 5.74) is 3.11. The molecule has 0 spiro atoms. The molecule has 0 aliphatic heterocycles. The van der Waals surface area contributed by atoms with Crippen molar-refractivity contribution in [3.63, 3.8) is 0 Å². The minimum atomic E-state index is -3.67. The summed E-state index contributed by atoms with van der Waals surface area (Å²) < 4.78 is 27.5. The number of rotatable bonds is 4. The number of fused-ring (bicyclic) bond motifs is 1. The van der Waals surface area contributed by atoms with Crippen molar-refractivity contribution in [1.82, 2.24) is 15.0 Å². The summed E-state index contributed by atoms with van der Waals surface area (Å²) in [6, 6.07) is 12.4. The Hall–Kier alpha value is -2.84. The molecular formula is C18H14N4O2S2. The number of thiazole rings is 1. The summed E-state index contributed by atoms with van der Waals surface area (Å²) >= 11 is 1.51. The first-order chi connectivity index (χ1) is 12.5. The molecule has 8 heteroatoms. The SMILES string of the molecule is Cc1cc(-c2nc3cccnc3s2)ccc1NS(=O)(=O)c1cccnc1. The standard InChI is InChI=1S/C18H14N4O2S2/c1-12-10-13(17-21-16-5-3-9-20-18(16)25-17)6-7-15(12)22-26(23,24)14-4-2-8-19-11-14/h2-11,22H,1H3. The summed E-state index contributed by atoms with van der Waals surface area (Å²) in [5.74, 6) is 0. The summed E-state index contributed by atoms with van der Waals surface area (Å²) in [6.07, 6.45) is 4.60. The zero-order valence-electron chi connectivity index (χ0n) is 13.7. The van der Waals surface area contributed by atoms with Crippen molar-refractivity contribution in [2.24, 2.45) is 0 Å². The fourth-order valence-corrected chi connectivity index (χ4v) is 4.51. The molecule has 1 N–H and O–H groups in total. The van der Waals surface area contributed by atoms with E-state index in [0.29, 0.717) is 5.69 Å². The number of nitrogens with one attached hydrogen (secondary N) is 1. The van der Waals surface area contributed by atoms with E-state index >= 15 is 0 Å². The van der Waals surface area contributed by atoms with Crippen LogP contribution in [0.3, 0.4) is 0 Å². The van der Waals surface area contributed by atoms with Gasteiger partial charge in [-0.15, -0.1) is 0 Å². The van der Waals surface area contributed by atoms with Gasteiger partial charge in [0, 0.05) is 24.2 Å². The number of sulfonamides is 1. The highest BCUT2D eigenvalue weighted by Crippen LogP contribution is 2.31. The third-order valence-corrected chi connectivity index (χ3v) is 6.21. The van der Waals surface area contributed by atoms with E-state index in [1.807, 2.05) is 31.2 Å². The highest BCUT2D eigenvalue weighted by molar-refractivity contribution is 7.92. The van der Waals surface area contributed by atoms with Crippen LogP contribution in [0.1, 0.15) is 5.56 Å². The van der Waals surface area contributed by atoms with Crippen LogP contribution >= 0.6 is 11.3 Å². The lowest BCUT2D eigenvalue weighted by Gasteiger charge is -2.11. The topological polar surface area (TPSA) is 84.8 Å². The molecule has 26 heavy (non-hydrogen) atoms. The number of benzene rings is 1. The van der Waals surface area contributed by atoms with E-state index in [9.17, 15) is 8.42 Å². The minimum absolute atomic E-state index is 0.126. The van der Waals surface area contributed by atoms with Gasteiger partial charge in [0.15, 0.2) is 0 Å². The van der Waals surface area contributed by atoms with Gasteiger partial charge in [0.25, 0.3) is 10.0 Å². The Labute approximate surface area is 154 Å². The molecular weight excluding hydrogens is 368 g/mol. The highest BCUT2D eigenvalue weighted by Gasteiger charge is 2.16. The lowest BCUT2D eigenvalue weighted by atomic mass is 10.1. The lowest BCUT2D eigenvalue weighted by Crippen LogP contribution is -2.13. The molecule has 0 amide bonds. The number of anilines is 1. The van der Waals surface area contributed by atoms with E-state index in [-0.39, 0.29) is 4.90 Å². The molecule has 130 valence electrons. The summed E-state index contributed by atoms with van der Waals surface area (Å²) in [6.45, 7) is 1.86. The number of hydrogen-bond acceptors (Lipinski definition) is 6. The van der Waals surface area contributed by atoms with Crippen molar-refractivity contribution in [3.05, 3.63) is 66.6 Å². The second kappa shape index (κ2) is 6.47. The van der Waals surface area contributed by atoms with Crippen LogP contribution in [-0.4, -0.2) is 23.4 Å². The quantitative estimate of drug-likeness (QED) is 0.579. The maximum absolute atomic E-state index is 12.5. The fraction of sp³-hybridized carbons (Fsp3) is 0.0556. The zero-order chi connectivity index (χ0) is 18.1. The Morgan fingerprint density at radius 1 is 1.08 bits per heavy atom. The van der Waals surface area contributed by atoms with Crippen LogP contribution in [0.25, 0.3) is 20.9 Å². The van der Waals surface area contributed by atoms with Crippen molar-refractivity contribution in [2.75, 3.05) is 4.72 Å². The Balaban J connectivity index is 1.66. The fourth-order valence-electron chi connectivity index (χ4n) is 2.51. The van der Waals surface area contributed by atoms with Gasteiger partial charge in [-0.3, -0.25) is 9.71 Å². The summed E-state index contributed by atoms with van der Waals surface area (Å²) in [4.78, 5) is 13.8. The molecule has 0 atom stereocenters. The molecule has 3 aromatic heterocycles. The van der Waals surface area contributed by atoms with E-state index in [1.54, 1.807) is 18.3 Å². The van der Waals surface area contributed by atoms with Crippen LogP contribution in [0.2, 0.25) is 0 Å². The number of nitrogens with zero attached hydrogens (tertiary/aromatic N) is 3. The first-order valence-corrected chi connectivity index (χ1v) is 10.1. The number of hydrogen-bond donors (Lipinski definition) is 1. The first kappa shape index (κ1) is 16.6. The van der Waals surface area contributed by atoms with Crippen molar-refractivity contribution in [2.45, 2.75) is 11.8 Å². The molecule has 4 aromatic rings. The normalized spacial score (nSPS) is 11.6. The molecule has 0 saturated carbocycles. The predicted octanol–water partition coefficient (Wildman–Crippen LogP) is 3.86. The number of pyridine rings is 2. The molecule has 0 unspecified atom stereocenters. The third kappa shape index (κ3) is 3.16. The number of aryl methyl sites for hydroxylation is 1. The van der Waals surface area contributed by atoms with Gasteiger partial charge in [-0.2, -0.15) is 0 Å². The summed E-state index contributed by atoms with van der Waals surface area (Å²) in [7, 11) is -3.67. The van der Waals surface area contributed by atoms with Gasteiger partial charge in [0.2, 0.25) is 0 Å². The summed E-state index contributed by atoms with van der Waals surface area (Å²) in [5, 5.41) is 0.850. The average Bonchev–Trinajstić information content (AvgIpc) is 3.08. The molecule has 3 heterocycles. The van der Waals surface area contributed by atoms with Gasteiger partial charge >= 0.3 is 0 Å². The van der Waals surface area contributed by atoms with Gasteiger partial charge in [-0.25, -0.2) is 18.4 Å². The van der Waals surface area contributed by atoms with Gasteiger partial charge in [0.05, 0.1) is 5.69 Å². The van der Waals surface area contributed by atoms with Crippen molar-refractivity contribution >= 4 is 37.4 Å². The van der Waals surface area contributed by atoms with Crippen LogP contribution in [0.5, 0.6) is 0 Å². The lowest BCUT2D eigenvalue weighted by molar-refractivity contribution is 0.601. The average molecular weight is 382 g/mol. The Morgan fingerprint density at radius 3 is 2.65 bits per heavy atom.